The van der Waals surface area contributed by atoms with Crippen LogP contribution in [-0.4, -0.2) is 0 Å². The molecule has 112 valence electrons. The highest BCUT2D eigenvalue weighted by molar-refractivity contribution is 5.59. The fraction of sp³-hybridized carbons (Fsp3) is 0.400. The molecular formula is C20H27N. The summed E-state index contributed by atoms with van der Waals surface area (Å²) in [6.45, 7) is 11.1. The van der Waals surface area contributed by atoms with E-state index in [1.165, 1.54) is 22.3 Å². The van der Waals surface area contributed by atoms with E-state index in [1.54, 1.807) is 0 Å². The predicted molar refractivity (Wildman–Crippen MR) is 93.0 cm³/mol. The molecule has 0 aliphatic heterocycles. The van der Waals surface area contributed by atoms with Gasteiger partial charge in [-0.25, -0.2) is 0 Å². The van der Waals surface area contributed by atoms with E-state index < -0.39 is 0 Å². The molecule has 1 unspecified atom stereocenters. The zero-order valence-electron chi connectivity index (χ0n) is 13.9. The number of nitrogens with two attached hydrogens (primary N) is 1. The van der Waals surface area contributed by atoms with Crippen molar-refractivity contribution in [3.05, 3.63) is 64.7 Å². The largest absolute Gasteiger partial charge is 0.398 e. The van der Waals surface area contributed by atoms with Crippen molar-refractivity contribution >= 4 is 5.69 Å². The summed E-state index contributed by atoms with van der Waals surface area (Å²) in [5, 5.41) is 0. The second-order valence-corrected chi connectivity index (χ2v) is 6.55. The molecule has 21 heavy (non-hydrogen) atoms. The maximum absolute atomic E-state index is 6.39. The highest BCUT2D eigenvalue weighted by Gasteiger charge is 2.17. The first-order chi connectivity index (χ1) is 9.91. The Labute approximate surface area is 129 Å². The summed E-state index contributed by atoms with van der Waals surface area (Å²) < 4.78 is 0. The minimum atomic E-state index is 0.391. The van der Waals surface area contributed by atoms with Gasteiger partial charge in [-0.15, -0.1) is 0 Å². The molecule has 0 fully saturated rings. The summed E-state index contributed by atoms with van der Waals surface area (Å²) in [7, 11) is 0. The second-order valence-electron chi connectivity index (χ2n) is 6.55. The topological polar surface area (TPSA) is 26.0 Å². The van der Waals surface area contributed by atoms with Crippen LogP contribution in [0.2, 0.25) is 0 Å². The van der Waals surface area contributed by atoms with E-state index in [4.69, 9.17) is 5.73 Å². The van der Waals surface area contributed by atoms with Crippen LogP contribution in [0.3, 0.4) is 0 Å². The first kappa shape index (κ1) is 15.6. The minimum absolute atomic E-state index is 0.391. The molecule has 0 aromatic heterocycles. The van der Waals surface area contributed by atoms with Gasteiger partial charge in [0, 0.05) is 11.6 Å². The molecule has 0 heterocycles. The lowest BCUT2D eigenvalue weighted by atomic mass is 9.85. The van der Waals surface area contributed by atoms with Crippen molar-refractivity contribution in [2.45, 2.75) is 52.4 Å². The zero-order chi connectivity index (χ0) is 15.6. The van der Waals surface area contributed by atoms with E-state index in [-0.39, 0.29) is 0 Å². The monoisotopic (exact) mass is 281 g/mol. The lowest BCUT2D eigenvalue weighted by Crippen LogP contribution is -2.07. The number of rotatable bonds is 4. The molecule has 0 radical (unpaired) electrons. The average Bonchev–Trinajstić information content (AvgIpc) is 2.47. The van der Waals surface area contributed by atoms with Gasteiger partial charge < -0.3 is 5.73 Å². The Balaban J connectivity index is 2.54. The number of anilines is 1. The molecule has 0 amide bonds. The fourth-order valence-electron chi connectivity index (χ4n) is 2.86. The summed E-state index contributed by atoms with van der Waals surface area (Å²) in [5.41, 5.74) is 12.6. The lowest BCUT2D eigenvalue weighted by molar-refractivity contribution is 0.821. The quantitative estimate of drug-likeness (QED) is 0.718. The van der Waals surface area contributed by atoms with Gasteiger partial charge in [0.2, 0.25) is 0 Å². The second kappa shape index (κ2) is 6.34. The van der Waals surface area contributed by atoms with Gasteiger partial charge in [-0.1, -0.05) is 77.1 Å². The van der Waals surface area contributed by atoms with E-state index in [2.05, 4.69) is 77.1 Å². The van der Waals surface area contributed by atoms with Gasteiger partial charge in [-0.05, 0) is 34.1 Å². The molecule has 0 spiro atoms. The van der Waals surface area contributed by atoms with E-state index >= 15 is 0 Å². The van der Waals surface area contributed by atoms with Crippen LogP contribution < -0.4 is 5.73 Å². The first-order valence-electron chi connectivity index (χ1n) is 7.90. The standard InChI is InChI=1S/C20H27N/c1-13(2)18-11-17(12-19(14(3)4)20(18)21)15(5)16-9-7-6-8-10-16/h6-15H,21H2,1-5H3. The zero-order valence-corrected chi connectivity index (χ0v) is 13.9. The van der Waals surface area contributed by atoms with Crippen LogP contribution in [0.25, 0.3) is 0 Å². The lowest BCUT2D eigenvalue weighted by Gasteiger charge is -2.21. The third kappa shape index (κ3) is 3.29. The van der Waals surface area contributed by atoms with Crippen LogP contribution in [0.1, 0.15) is 74.6 Å². The summed E-state index contributed by atoms with van der Waals surface area (Å²) in [5.74, 6) is 1.29. The third-order valence-corrected chi connectivity index (χ3v) is 4.31. The maximum Gasteiger partial charge on any atom is 0.0384 e. The van der Waals surface area contributed by atoms with Crippen molar-refractivity contribution in [1.82, 2.24) is 0 Å². The van der Waals surface area contributed by atoms with Crippen LogP contribution in [0, 0.1) is 0 Å². The third-order valence-electron chi connectivity index (χ3n) is 4.31. The highest BCUT2D eigenvalue weighted by atomic mass is 14.6. The van der Waals surface area contributed by atoms with Crippen LogP contribution in [0.5, 0.6) is 0 Å². The molecule has 0 saturated heterocycles. The van der Waals surface area contributed by atoms with Crippen molar-refractivity contribution < 1.29 is 0 Å². The number of benzene rings is 2. The normalized spacial score (nSPS) is 12.9. The van der Waals surface area contributed by atoms with E-state index in [1.807, 2.05) is 0 Å². The van der Waals surface area contributed by atoms with Crippen LogP contribution in [-0.2, 0) is 0 Å². The number of nitrogen functional groups attached to an aromatic ring is 1. The molecule has 1 nitrogen and oxygen atoms in total. The average molecular weight is 281 g/mol. The highest BCUT2D eigenvalue weighted by Crippen LogP contribution is 2.35. The smallest absolute Gasteiger partial charge is 0.0384 e. The van der Waals surface area contributed by atoms with Gasteiger partial charge in [0.1, 0.15) is 0 Å². The molecule has 0 aliphatic carbocycles. The molecule has 0 bridgehead atoms. The van der Waals surface area contributed by atoms with Crippen LogP contribution in [0.15, 0.2) is 42.5 Å². The van der Waals surface area contributed by atoms with Crippen LogP contribution in [0.4, 0.5) is 5.69 Å². The van der Waals surface area contributed by atoms with Gasteiger partial charge in [0.25, 0.3) is 0 Å². The molecule has 2 N–H and O–H groups in total. The van der Waals surface area contributed by atoms with E-state index in [9.17, 15) is 0 Å². The molecule has 2 rings (SSSR count). The summed E-state index contributed by atoms with van der Waals surface area (Å²) in [4.78, 5) is 0. The van der Waals surface area contributed by atoms with Crippen molar-refractivity contribution in [2.24, 2.45) is 0 Å². The van der Waals surface area contributed by atoms with Gasteiger partial charge in [0.05, 0.1) is 0 Å². The van der Waals surface area contributed by atoms with Crippen molar-refractivity contribution in [3.63, 3.8) is 0 Å². The Kier molecular flexibility index (Phi) is 4.72. The Morgan fingerprint density at radius 2 is 1.19 bits per heavy atom. The van der Waals surface area contributed by atoms with Crippen molar-refractivity contribution in [2.75, 3.05) is 5.73 Å². The Morgan fingerprint density at radius 3 is 1.62 bits per heavy atom. The summed E-state index contributed by atoms with van der Waals surface area (Å²) >= 11 is 0. The predicted octanol–water partition coefficient (Wildman–Crippen LogP) is 5.67. The molecule has 1 atom stereocenters. The van der Waals surface area contributed by atoms with Gasteiger partial charge in [-0.3, -0.25) is 0 Å². The maximum atomic E-state index is 6.39. The Morgan fingerprint density at radius 1 is 0.714 bits per heavy atom. The Bertz CT molecular complexity index is 567. The SMILES string of the molecule is CC(C)c1cc(C(C)c2ccccc2)cc(C(C)C)c1N. The molecule has 0 aliphatic rings. The molecule has 1 heteroatoms. The molecule has 2 aromatic carbocycles. The summed E-state index contributed by atoms with van der Waals surface area (Å²) in [6, 6.07) is 15.3. The van der Waals surface area contributed by atoms with E-state index in [0.29, 0.717) is 17.8 Å². The van der Waals surface area contributed by atoms with Crippen LogP contribution >= 0.6 is 0 Å². The fourth-order valence-corrected chi connectivity index (χ4v) is 2.86. The molecule has 2 aromatic rings. The minimum Gasteiger partial charge on any atom is -0.398 e. The van der Waals surface area contributed by atoms with E-state index in [0.717, 1.165) is 5.69 Å². The van der Waals surface area contributed by atoms with Gasteiger partial charge in [0.15, 0.2) is 0 Å². The van der Waals surface area contributed by atoms with Crippen molar-refractivity contribution in [1.29, 1.82) is 0 Å². The van der Waals surface area contributed by atoms with Gasteiger partial charge in [-0.2, -0.15) is 0 Å². The molecule has 0 saturated carbocycles. The molecular weight excluding hydrogens is 254 g/mol. The van der Waals surface area contributed by atoms with Crippen molar-refractivity contribution in [3.8, 4) is 0 Å². The van der Waals surface area contributed by atoms with Gasteiger partial charge >= 0.3 is 0 Å². The summed E-state index contributed by atoms with van der Waals surface area (Å²) in [6.07, 6.45) is 0. The Hall–Kier alpha value is -1.76. The number of hydrogen-bond donors (Lipinski definition) is 1. The first-order valence-corrected chi connectivity index (χ1v) is 7.90. The number of hydrogen-bond acceptors (Lipinski definition) is 1.